The highest BCUT2D eigenvalue weighted by Crippen LogP contribution is 2.58. The number of benzene rings is 2. The number of nitrogens with zero attached hydrogens (tertiary/aromatic N) is 1. The molecule has 1 heterocycles. The Hall–Kier alpha value is -4.17. The van der Waals surface area contributed by atoms with Crippen LogP contribution in [0.4, 0.5) is 5.69 Å². The van der Waals surface area contributed by atoms with Crippen molar-refractivity contribution in [2.75, 3.05) is 19.1 Å². The highest BCUT2D eigenvalue weighted by molar-refractivity contribution is 6.31. The number of phenols is 1. The van der Waals surface area contributed by atoms with Crippen LogP contribution in [0.1, 0.15) is 31.2 Å². The lowest BCUT2D eigenvalue weighted by Gasteiger charge is -2.42. The van der Waals surface area contributed by atoms with Crippen molar-refractivity contribution in [1.29, 1.82) is 0 Å². The number of hydrogen-bond acceptors (Lipinski definition) is 7. The summed E-state index contributed by atoms with van der Waals surface area (Å²) in [6.07, 6.45) is 3.63. The van der Waals surface area contributed by atoms with Crippen LogP contribution in [-0.2, 0) is 19.2 Å². The third-order valence-corrected chi connectivity index (χ3v) is 8.74. The van der Waals surface area contributed by atoms with Crippen LogP contribution in [0.15, 0.2) is 70.8 Å². The summed E-state index contributed by atoms with van der Waals surface area (Å²) in [4.78, 5) is 55.6. The Bertz CT molecular complexity index is 1600. The van der Waals surface area contributed by atoms with E-state index in [1.165, 1.54) is 31.3 Å². The standard InChI is InChI=1S/C31H26ClNO7/c1-14-10-22(34)21-13-20-18(26(27(21)29(14)36)28-23(35)11-17(39-2)12-24(28)40-3)8-9-19-25(20)31(38)33(30(19)37)16-6-4-15(32)5-7-16/h4-8,10-12,19-20,25-26,35H,9,13H2,1-3H3/t19-,20+,25-,26-/m0/s1. The average molecular weight is 560 g/mol. The third kappa shape index (κ3) is 3.73. The molecule has 9 heteroatoms. The number of amides is 2. The number of imide groups is 1. The molecule has 2 amide bonds. The second-order valence-electron chi connectivity index (χ2n) is 10.5. The topological polar surface area (TPSA) is 110 Å². The molecule has 4 aliphatic rings. The molecule has 0 aromatic heterocycles. The molecule has 1 fully saturated rings. The monoisotopic (exact) mass is 559 g/mol. The molecule has 2 aromatic carbocycles. The number of rotatable bonds is 4. The number of carbonyl (C=O) groups is 4. The minimum atomic E-state index is -0.844. The first kappa shape index (κ1) is 26.1. The Labute approximate surface area is 235 Å². The molecule has 0 saturated carbocycles. The summed E-state index contributed by atoms with van der Waals surface area (Å²) >= 11 is 6.03. The summed E-state index contributed by atoms with van der Waals surface area (Å²) in [5.74, 6) is -3.53. The number of fused-ring (bicyclic) bond motifs is 3. The van der Waals surface area contributed by atoms with E-state index in [0.717, 1.165) is 0 Å². The summed E-state index contributed by atoms with van der Waals surface area (Å²) in [6, 6.07) is 9.54. The molecule has 0 spiro atoms. The van der Waals surface area contributed by atoms with Gasteiger partial charge >= 0.3 is 0 Å². The SMILES string of the molecule is COc1cc(O)c([C@H]2C3=CC[C@@H]4C(=O)N(c5ccc(Cl)cc5)C(=O)[C@@H]4[C@@H]3CC3=C2C(=O)C(C)=CC3=O)c(OC)c1. The number of methoxy groups -OCH3 is 2. The lowest BCUT2D eigenvalue weighted by atomic mass is 9.59. The van der Waals surface area contributed by atoms with Gasteiger partial charge in [-0.2, -0.15) is 0 Å². The number of carbonyl (C=O) groups excluding carboxylic acids is 4. The van der Waals surface area contributed by atoms with Gasteiger partial charge in [-0.25, -0.2) is 0 Å². The summed E-state index contributed by atoms with van der Waals surface area (Å²) < 4.78 is 10.9. The van der Waals surface area contributed by atoms with Gasteiger partial charge in [0, 0.05) is 45.4 Å². The Kier molecular flexibility index (Phi) is 6.18. The van der Waals surface area contributed by atoms with Crippen LogP contribution in [0.5, 0.6) is 17.2 Å². The maximum atomic E-state index is 13.9. The van der Waals surface area contributed by atoms with Gasteiger partial charge in [-0.05, 0) is 56.0 Å². The number of ketones is 2. The first-order valence-electron chi connectivity index (χ1n) is 12.9. The van der Waals surface area contributed by atoms with E-state index in [9.17, 15) is 24.3 Å². The molecule has 40 heavy (non-hydrogen) atoms. The highest BCUT2D eigenvalue weighted by Gasteiger charge is 2.57. The Balaban J connectivity index is 1.53. The fraction of sp³-hybridized carbons (Fsp3) is 0.290. The molecule has 1 saturated heterocycles. The van der Waals surface area contributed by atoms with Crippen molar-refractivity contribution in [2.45, 2.75) is 25.7 Å². The number of aromatic hydroxyl groups is 1. The van der Waals surface area contributed by atoms with Crippen LogP contribution < -0.4 is 14.4 Å². The quantitative estimate of drug-likeness (QED) is 0.328. The molecule has 0 bridgehead atoms. The van der Waals surface area contributed by atoms with E-state index in [-0.39, 0.29) is 53.3 Å². The molecule has 6 rings (SSSR count). The molecular weight excluding hydrogens is 534 g/mol. The van der Waals surface area contributed by atoms with E-state index in [4.69, 9.17) is 21.1 Å². The fourth-order valence-corrected chi connectivity index (χ4v) is 6.83. The molecule has 4 atom stereocenters. The van der Waals surface area contributed by atoms with E-state index in [2.05, 4.69) is 0 Å². The Morgan fingerprint density at radius 1 is 0.975 bits per heavy atom. The van der Waals surface area contributed by atoms with Gasteiger partial charge < -0.3 is 14.6 Å². The number of ether oxygens (including phenoxy) is 2. The van der Waals surface area contributed by atoms with E-state index >= 15 is 0 Å². The minimum absolute atomic E-state index is 0.139. The van der Waals surface area contributed by atoms with Gasteiger partial charge in [0.15, 0.2) is 11.6 Å². The highest BCUT2D eigenvalue weighted by atomic mass is 35.5. The van der Waals surface area contributed by atoms with Crippen molar-refractivity contribution < 1.29 is 33.8 Å². The Morgan fingerprint density at radius 2 is 1.70 bits per heavy atom. The normalized spacial score (nSPS) is 25.8. The van der Waals surface area contributed by atoms with Crippen molar-refractivity contribution in [3.8, 4) is 17.2 Å². The number of phenolic OH excluding ortho intramolecular Hbond substituents is 1. The number of allylic oxidation sites excluding steroid dienone is 6. The van der Waals surface area contributed by atoms with E-state index < -0.39 is 23.7 Å². The molecule has 3 aliphatic carbocycles. The third-order valence-electron chi connectivity index (χ3n) is 8.49. The van der Waals surface area contributed by atoms with Crippen molar-refractivity contribution in [3.63, 3.8) is 0 Å². The lowest BCUT2D eigenvalue weighted by Crippen LogP contribution is -2.40. The van der Waals surface area contributed by atoms with Crippen molar-refractivity contribution in [2.24, 2.45) is 17.8 Å². The molecule has 1 aliphatic heterocycles. The average Bonchev–Trinajstić information content (AvgIpc) is 3.20. The second kappa shape index (κ2) is 9.48. The number of anilines is 1. The van der Waals surface area contributed by atoms with Gasteiger partial charge in [0.05, 0.1) is 31.7 Å². The molecule has 0 unspecified atom stereocenters. The minimum Gasteiger partial charge on any atom is -0.507 e. The van der Waals surface area contributed by atoms with Gasteiger partial charge in [0.25, 0.3) is 0 Å². The van der Waals surface area contributed by atoms with Crippen LogP contribution in [0, 0.1) is 17.8 Å². The van der Waals surface area contributed by atoms with Gasteiger partial charge in [-0.1, -0.05) is 23.3 Å². The maximum absolute atomic E-state index is 13.9. The van der Waals surface area contributed by atoms with Crippen molar-refractivity contribution >= 4 is 40.7 Å². The molecule has 8 nitrogen and oxygen atoms in total. The van der Waals surface area contributed by atoms with Gasteiger partial charge in [0.2, 0.25) is 11.8 Å². The zero-order valence-corrected chi connectivity index (χ0v) is 22.8. The van der Waals surface area contributed by atoms with Crippen molar-refractivity contribution in [3.05, 3.63) is 81.4 Å². The first-order valence-corrected chi connectivity index (χ1v) is 13.3. The van der Waals surface area contributed by atoms with E-state index in [0.29, 0.717) is 38.7 Å². The summed E-state index contributed by atoms with van der Waals surface area (Å²) in [7, 11) is 2.91. The first-order chi connectivity index (χ1) is 19.2. The van der Waals surface area contributed by atoms with Gasteiger partial charge in [0.1, 0.15) is 17.2 Å². The zero-order chi connectivity index (χ0) is 28.5. The second-order valence-corrected chi connectivity index (χ2v) is 10.9. The maximum Gasteiger partial charge on any atom is 0.238 e. The zero-order valence-electron chi connectivity index (χ0n) is 22.1. The smallest absolute Gasteiger partial charge is 0.238 e. The number of halogens is 1. The summed E-state index contributed by atoms with van der Waals surface area (Å²) in [5.41, 5.74) is 2.33. The number of Topliss-reactive ketones (excluding diaryl/α,β-unsaturated/α-hetero) is 1. The lowest BCUT2D eigenvalue weighted by molar-refractivity contribution is -0.123. The largest absolute Gasteiger partial charge is 0.507 e. The van der Waals surface area contributed by atoms with Crippen LogP contribution in [0.2, 0.25) is 5.02 Å². The van der Waals surface area contributed by atoms with Gasteiger partial charge in [-0.15, -0.1) is 0 Å². The summed E-state index contributed by atoms with van der Waals surface area (Å²) in [6.45, 7) is 1.59. The van der Waals surface area contributed by atoms with Crippen LogP contribution in [-0.4, -0.2) is 42.7 Å². The fourth-order valence-electron chi connectivity index (χ4n) is 6.70. The van der Waals surface area contributed by atoms with E-state index in [1.54, 1.807) is 37.3 Å². The van der Waals surface area contributed by atoms with Gasteiger partial charge in [-0.3, -0.25) is 24.1 Å². The van der Waals surface area contributed by atoms with Crippen LogP contribution >= 0.6 is 11.6 Å². The molecule has 204 valence electrons. The molecule has 2 aromatic rings. The molecule has 1 N–H and O–H groups in total. The predicted octanol–water partition coefficient (Wildman–Crippen LogP) is 4.70. The molecule has 0 radical (unpaired) electrons. The van der Waals surface area contributed by atoms with Crippen molar-refractivity contribution in [1.82, 2.24) is 0 Å². The summed E-state index contributed by atoms with van der Waals surface area (Å²) in [5, 5.41) is 11.7. The van der Waals surface area contributed by atoms with E-state index in [1.807, 2.05) is 6.08 Å². The van der Waals surface area contributed by atoms with Crippen LogP contribution in [0.3, 0.4) is 0 Å². The Morgan fingerprint density at radius 3 is 2.38 bits per heavy atom. The number of hydrogen-bond donors (Lipinski definition) is 1. The molecular formula is C31H26ClNO7. The van der Waals surface area contributed by atoms with Crippen LogP contribution in [0.25, 0.3) is 0 Å². The predicted molar refractivity (Wildman–Crippen MR) is 146 cm³/mol.